The number of nitrogens with zero attached hydrogens (tertiary/aromatic N) is 2. The number of carbonyl (C=O) groups is 1. The summed E-state index contributed by atoms with van der Waals surface area (Å²) in [5.74, 6) is 0.780. The van der Waals surface area contributed by atoms with Crippen LogP contribution in [0.25, 0.3) is 0 Å². The van der Waals surface area contributed by atoms with Gasteiger partial charge in [-0.2, -0.15) is 0 Å². The zero-order valence-electron chi connectivity index (χ0n) is 22.2. The Kier molecular flexibility index (Phi) is 7.14. The molecule has 10 nitrogen and oxygen atoms in total. The van der Waals surface area contributed by atoms with Crippen molar-refractivity contribution in [2.24, 2.45) is 5.41 Å². The summed E-state index contributed by atoms with van der Waals surface area (Å²) in [5, 5.41) is 16.2. The highest BCUT2D eigenvalue weighted by molar-refractivity contribution is 7.89. The first-order valence-corrected chi connectivity index (χ1v) is 14.7. The molecule has 1 saturated carbocycles. The maximum Gasteiger partial charge on any atom is 0.259 e. The smallest absolute Gasteiger partial charge is 0.259 e. The fourth-order valence-corrected chi connectivity index (χ4v) is 6.55. The van der Waals surface area contributed by atoms with Crippen LogP contribution in [0.3, 0.4) is 0 Å². The van der Waals surface area contributed by atoms with E-state index in [1.165, 1.54) is 25.0 Å². The molecular weight excluding hydrogens is 506 g/mol. The summed E-state index contributed by atoms with van der Waals surface area (Å²) in [6, 6.07) is 9.41. The number of amides is 1. The van der Waals surface area contributed by atoms with Crippen LogP contribution in [0.4, 0.5) is 17.3 Å². The zero-order chi connectivity index (χ0) is 27.1. The van der Waals surface area contributed by atoms with Gasteiger partial charge in [-0.3, -0.25) is 4.79 Å². The van der Waals surface area contributed by atoms with Gasteiger partial charge < -0.3 is 25.4 Å². The molecule has 0 radical (unpaired) electrons. The van der Waals surface area contributed by atoms with Gasteiger partial charge in [0.05, 0.1) is 35.8 Å². The van der Waals surface area contributed by atoms with Gasteiger partial charge in [-0.25, -0.2) is 18.1 Å². The normalized spacial score (nSPS) is 22.9. The van der Waals surface area contributed by atoms with Gasteiger partial charge in [-0.05, 0) is 82.2 Å². The average molecular weight is 544 g/mol. The number of aliphatic hydroxyl groups excluding tert-OH is 1. The van der Waals surface area contributed by atoms with Crippen molar-refractivity contribution in [3.05, 3.63) is 42.0 Å². The lowest BCUT2D eigenvalue weighted by atomic mass is 9.93. The maximum atomic E-state index is 13.5. The van der Waals surface area contributed by atoms with Crippen molar-refractivity contribution in [3.8, 4) is 0 Å². The van der Waals surface area contributed by atoms with Crippen molar-refractivity contribution in [2.75, 3.05) is 41.8 Å². The van der Waals surface area contributed by atoms with E-state index in [-0.39, 0.29) is 23.5 Å². The molecule has 2 saturated heterocycles. The minimum Gasteiger partial charge on any atom is -0.388 e. The van der Waals surface area contributed by atoms with Crippen LogP contribution >= 0.6 is 0 Å². The molecule has 3 fully saturated rings. The highest BCUT2D eigenvalue weighted by Crippen LogP contribution is 2.54. The number of hydrogen-bond acceptors (Lipinski definition) is 8. The largest absolute Gasteiger partial charge is 0.388 e. The van der Waals surface area contributed by atoms with Gasteiger partial charge in [-0.15, -0.1) is 0 Å². The summed E-state index contributed by atoms with van der Waals surface area (Å²) in [4.78, 5) is 20.5. The van der Waals surface area contributed by atoms with Crippen LogP contribution in [-0.4, -0.2) is 68.4 Å². The third-order valence-electron chi connectivity index (χ3n) is 7.43. The standard InChI is InChI=1S/C27H37N5O5S/c1-26(2,3)31-38(35,36)19-6-4-5-18(15-19)28-25(34)20-7-8-23(29-21-16-37-17-22(21)33)30-24(20)32-13-11-27(9-10-27)12-14-32/h4-8,15,21-22,31,33H,9-14,16-17H2,1-3H3,(H,28,34)(H,29,30)/t21-,22-/m0/s1. The second kappa shape index (κ2) is 10.1. The molecule has 38 heavy (non-hydrogen) atoms. The van der Waals surface area contributed by atoms with E-state index in [1.54, 1.807) is 45.0 Å². The first-order chi connectivity index (χ1) is 17.9. The molecule has 2 aromatic rings. The van der Waals surface area contributed by atoms with Gasteiger partial charge in [0.15, 0.2) is 0 Å². The Balaban J connectivity index is 1.39. The summed E-state index contributed by atoms with van der Waals surface area (Å²) in [6.45, 7) is 7.62. The molecule has 3 heterocycles. The molecule has 0 unspecified atom stereocenters. The van der Waals surface area contributed by atoms with Crippen LogP contribution in [0.15, 0.2) is 41.3 Å². The zero-order valence-corrected chi connectivity index (χ0v) is 23.0. The molecule has 11 heteroatoms. The van der Waals surface area contributed by atoms with E-state index in [0.29, 0.717) is 34.9 Å². The number of pyridine rings is 1. The van der Waals surface area contributed by atoms with E-state index >= 15 is 0 Å². The third-order valence-corrected chi connectivity index (χ3v) is 9.18. The molecule has 1 amide bonds. The first kappa shape index (κ1) is 26.9. The third kappa shape index (κ3) is 6.12. The maximum absolute atomic E-state index is 13.5. The number of aliphatic hydroxyl groups is 1. The summed E-state index contributed by atoms with van der Waals surface area (Å²) in [5.41, 5.74) is 0.615. The molecule has 1 aromatic carbocycles. The summed E-state index contributed by atoms with van der Waals surface area (Å²) < 4.78 is 33.6. The predicted octanol–water partition coefficient (Wildman–Crippen LogP) is 2.96. The van der Waals surface area contributed by atoms with Crippen molar-refractivity contribution in [1.29, 1.82) is 0 Å². The highest BCUT2D eigenvalue weighted by atomic mass is 32.2. The molecule has 1 spiro atoms. The summed E-state index contributed by atoms with van der Waals surface area (Å²) >= 11 is 0. The SMILES string of the molecule is CC(C)(C)NS(=O)(=O)c1cccc(NC(=O)c2ccc(N[C@H]3COC[C@@H]3O)nc2N2CCC3(CC2)CC3)c1. The Morgan fingerprint density at radius 1 is 1.11 bits per heavy atom. The van der Waals surface area contributed by atoms with E-state index in [2.05, 4.69) is 20.3 Å². The molecule has 3 aliphatic rings. The van der Waals surface area contributed by atoms with Gasteiger partial charge in [0.1, 0.15) is 11.6 Å². The van der Waals surface area contributed by atoms with Gasteiger partial charge in [0.2, 0.25) is 10.0 Å². The number of ether oxygens (including phenoxy) is 1. The number of benzene rings is 1. The van der Waals surface area contributed by atoms with Gasteiger partial charge >= 0.3 is 0 Å². The number of rotatable bonds is 7. The van der Waals surface area contributed by atoms with Crippen LogP contribution in [0.5, 0.6) is 0 Å². The molecular formula is C27H37N5O5S. The lowest BCUT2D eigenvalue weighted by Crippen LogP contribution is -2.40. The van der Waals surface area contributed by atoms with Crippen LogP contribution in [-0.2, 0) is 14.8 Å². The predicted molar refractivity (Wildman–Crippen MR) is 146 cm³/mol. The van der Waals surface area contributed by atoms with Crippen molar-refractivity contribution in [2.45, 2.75) is 69.0 Å². The van der Waals surface area contributed by atoms with Gasteiger partial charge in [0, 0.05) is 24.3 Å². The van der Waals surface area contributed by atoms with E-state index in [4.69, 9.17) is 9.72 Å². The van der Waals surface area contributed by atoms with Crippen LogP contribution < -0.4 is 20.3 Å². The van der Waals surface area contributed by atoms with Gasteiger partial charge in [0.25, 0.3) is 5.91 Å². The van der Waals surface area contributed by atoms with Crippen molar-refractivity contribution in [1.82, 2.24) is 9.71 Å². The first-order valence-electron chi connectivity index (χ1n) is 13.2. The van der Waals surface area contributed by atoms with E-state index < -0.39 is 21.7 Å². The molecule has 4 N–H and O–H groups in total. The molecule has 2 atom stereocenters. The fourth-order valence-electron chi connectivity index (χ4n) is 5.09. The van der Waals surface area contributed by atoms with E-state index in [1.807, 2.05) is 0 Å². The van der Waals surface area contributed by atoms with Crippen molar-refractivity contribution in [3.63, 3.8) is 0 Å². The van der Waals surface area contributed by atoms with Crippen LogP contribution in [0.1, 0.15) is 56.8 Å². The number of aromatic nitrogens is 1. The van der Waals surface area contributed by atoms with E-state index in [9.17, 15) is 18.3 Å². The highest BCUT2D eigenvalue weighted by Gasteiger charge is 2.45. The second-order valence-electron chi connectivity index (χ2n) is 11.7. The quantitative estimate of drug-likeness (QED) is 0.419. The molecule has 5 rings (SSSR count). The van der Waals surface area contributed by atoms with Crippen LogP contribution in [0, 0.1) is 5.41 Å². The number of carbonyl (C=O) groups excluding carboxylic acids is 1. The Bertz CT molecular complexity index is 1300. The monoisotopic (exact) mass is 543 g/mol. The second-order valence-corrected chi connectivity index (χ2v) is 13.4. The Labute approximate surface area is 224 Å². The number of hydrogen-bond donors (Lipinski definition) is 4. The average Bonchev–Trinajstić information content (AvgIpc) is 3.48. The Hall–Kier alpha value is -2.73. The minimum absolute atomic E-state index is 0.0752. The molecule has 1 aliphatic carbocycles. The van der Waals surface area contributed by atoms with E-state index in [0.717, 1.165) is 25.9 Å². The Morgan fingerprint density at radius 3 is 2.47 bits per heavy atom. The lowest BCUT2D eigenvalue weighted by molar-refractivity contribution is 0.102. The topological polar surface area (TPSA) is 133 Å². The summed E-state index contributed by atoms with van der Waals surface area (Å²) in [7, 11) is -3.75. The molecule has 206 valence electrons. The number of sulfonamides is 1. The lowest BCUT2D eigenvalue weighted by Gasteiger charge is -2.34. The molecule has 0 bridgehead atoms. The summed E-state index contributed by atoms with van der Waals surface area (Å²) in [6.07, 6.45) is 4.06. The number of anilines is 3. The number of piperidine rings is 1. The minimum atomic E-state index is -3.75. The van der Waals surface area contributed by atoms with Crippen molar-refractivity contribution < 1.29 is 23.1 Å². The van der Waals surface area contributed by atoms with Gasteiger partial charge in [-0.1, -0.05) is 6.07 Å². The van der Waals surface area contributed by atoms with Crippen LogP contribution in [0.2, 0.25) is 0 Å². The number of nitrogens with one attached hydrogen (secondary N) is 3. The molecule has 2 aliphatic heterocycles. The fraction of sp³-hybridized carbons (Fsp3) is 0.556. The molecule has 1 aromatic heterocycles. The Morgan fingerprint density at radius 2 is 1.84 bits per heavy atom. The van der Waals surface area contributed by atoms with Crippen molar-refractivity contribution >= 4 is 33.3 Å².